The van der Waals surface area contributed by atoms with Crippen LogP contribution in [-0.2, 0) is 4.79 Å². The molecule has 3 rings (SSSR count). The van der Waals surface area contributed by atoms with Crippen molar-refractivity contribution in [3.63, 3.8) is 0 Å². The number of aliphatic hydroxyl groups is 1. The maximum absolute atomic E-state index is 12.9. The summed E-state index contributed by atoms with van der Waals surface area (Å²) in [6, 6.07) is 0.568. The lowest BCUT2D eigenvalue weighted by molar-refractivity contribution is -0.140. The smallest absolute Gasteiger partial charge is 0.225 e. The second-order valence-corrected chi connectivity index (χ2v) is 9.10. The number of rotatable bonds is 2. The quantitative estimate of drug-likeness (QED) is 0.849. The number of hydrogen-bond acceptors (Lipinski definition) is 3. The van der Waals surface area contributed by atoms with Gasteiger partial charge in [0.2, 0.25) is 5.91 Å². The van der Waals surface area contributed by atoms with E-state index in [-0.39, 0.29) is 12.0 Å². The van der Waals surface area contributed by atoms with Crippen LogP contribution in [0, 0.1) is 17.3 Å². The largest absolute Gasteiger partial charge is 0.392 e. The number of piperidine rings is 1. The van der Waals surface area contributed by atoms with Crippen LogP contribution in [0.4, 0.5) is 0 Å². The summed E-state index contributed by atoms with van der Waals surface area (Å²) in [5.74, 6) is 1.31. The van der Waals surface area contributed by atoms with Crippen LogP contribution in [0.5, 0.6) is 0 Å². The Morgan fingerprint density at radius 3 is 2.35 bits per heavy atom. The number of nitrogens with zero attached hydrogens (tertiary/aromatic N) is 2. The number of amides is 1. The molecule has 3 fully saturated rings. The Balaban J connectivity index is 1.52. The molecule has 1 aliphatic carbocycles. The standard InChI is InChI=1S/C19H34N2O2/c1-14-10-15(12-19(2,3)11-14)18(23)20-7-4-16(5-8-20)21-9-6-17(22)13-21/h14-17,22H,4-13H2,1-3H3. The Bertz CT molecular complexity index is 429. The van der Waals surface area contributed by atoms with Crippen molar-refractivity contribution in [1.82, 2.24) is 9.80 Å². The Morgan fingerprint density at radius 1 is 1.09 bits per heavy atom. The monoisotopic (exact) mass is 322 g/mol. The molecule has 3 aliphatic rings. The average Bonchev–Trinajstić information content (AvgIpc) is 2.91. The van der Waals surface area contributed by atoms with E-state index >= 15 is 0 Å². The van der Waals surface area contributed by atoms with E-state index in [1.165, 1.54) is 6.42 Å². The van der Waals surface area contributed by atoms with E-state index in [0.29, 0.717) is 23.3 Å². The zero-order chi connectivity index (χ0) is 16.6. The van der Waals surface area contributed by atoms with Crippen molar-refractivity contribution in [2.45, 2.75) is 71.4 Å². The summed E-state index contributed by atoms with van der Waals surface area (Å²) in [4.78, 5) is 17.5. The first-order valence-electron chi connectivity index (χ1n) is 9.55. The summed E-state index contributed by atoms with van der Waals surface area (Å²) in [6.45, 7) is 10.6. The van der Waals surface area contributed by atoms with Crippen molar-refractivity contribution >= 4 is 5.91 Å². The fourth-order valence-electron chi connectivity index (χ4n) is 5.34. The van der Waals surface area contributed by atoms with Gasteiger partial charge in [0.25, 0.3) is 0 Å². The lowest BCUT2D eigenvalue weighted by Crippen LogP contribution is -2.49. The van der Waals surface area contributed by atoms with Crippen molar-refractivity contribution in [1.29, 1.82) is 0 Å². The molecule has 2 aliphatic heterocycles. The van der Waals surface area contributed by atoms with Crippen LogP contribution in [-0.4, -0.2) is 59.1 Å². The van der Waals surface area contributed by atoms with Gasteiger partial charge in [-0.15, -0.1) is 0 Å². The van der Waals surface area contributed by atoms with E-state index in [1.54, 1.807) is 0 Å². The van der Waals surface area contributed by atoms with Crippen molar-refractivity contribution in [3.8, 4) is 0 Å². The molecule has 1 N–H and O–H groups in total. The van der Waals surface area contributed by atoms with E-state index < -0.39 is 0 Å². The predicted molar refractivity (Wildman–Crippen MR) is 92.1 cm³/mol. The molecule has 4 nitrogen and oxygen atoms in total. The Hall–Kier alpha value is -0.610. The summed E-state index contributed by atoms with van der Waals surface area (Å²) in [6.07, 6.45) is 6.29. The fourth-order valence-corrected chi connectivity index (χ4v) is 5.34. The summed E-state index contributed by atoms with van der Waals surface area (Å²) in [5, 5.41) is 9.71. The first kappa shape index (κ1) is 17.2. The molecule has 23 heavy (non-hydrogen) atoms. The highest BCUT2D eigenvalue weighted by Crippen LogP contribution is 2.42. The van der Waals surface area contributed by atoms with Gasteiger partial charge in [0.05, 0.1) is 6.10 Å². The molecule has 0 spiro atoms. The molecule has 2 heterocycles. The second-order valence-electron chi connectivity index (χ2n) is 9.10. The van der Waals surface area contributed by atoms with Gasteiger partial charge in [-0.05, 0) is 49.9 Å². The number of β-amino-alcohol motifs (C(OH)–C–C–N with tert-alkyl or cyclic N) is 1. The molecule has 1 amide bonds. The Labute approximate surface area is 141 Å². The number of likely N-dealkylation sites (tertiary alicyclic amines) is 2. The van der Waals surface area contributed by atoms with Crippen LogP contribution in [0.15, 0.2) is 0 Å². The Morgan fingerprint density at radius 2 is 1.78 bits per heavy atom. The number of aliphatic hydroxyl groups excluding tert-OH is 1. The molecular formula is C19H34N2O2. The fraction of sp³-hybridized carbons (Fsp3) is 0.947. The molecule has 0 radical (unpaired) electrons. The molecule has 3 unspecified atom stereocenters. The zero-order valence-corrected chi connectivity index (χ0v) is 15.1. The first-order valence-corrected chi connectivity index (χ1v) is 9.55. The normalized spacial score (nSPS) is 36.3. The van der Waals surface area contributed by atoms with Gasteiger partial charge in [0.1, 0.15) is 0 Å². The molecule has 0 bridgehead atoms. The van der Waals surface area contributed by atoms with E-state index in [2.05, 4.69) is 30.6 Å². The lowest BCUT2D eigenvalue weighted by Gasteiger charge is -2.42. The van der Waals surface area contributed by atoms with Gasteiger partial charge < -0.3 is 10.0 Å². The van der Waals surface area contributed by atoms with E-state index in [0.717, 1.165) is 58.3 Å². The molecule has 0 aromatic carbocycles. The molecule has 1 saturated carbocycles. The van der Waals surface area contributed by atoms with Gasteiger partial charge in [-0.1, -0.05) is 20.8 Å². The van der Waals surface area contributed by atoms with Gasteiger partial charge >= 0.3 is 0 Å². The molecule has 0 aromatic heterocycles. The minimum atomic E-state index is -0.138. The van der Waals surface area contributed by atoms with Gasteiger partial charge in [0.15, 0.2) is 0 Å². The summed E-state index contributed by atoms with van der Waals surface area (Å²) < 4.78 is 0. The highest BCUT2D eigenvalue weighted by molar-refractivity contribution is 5.79. The highest BCUT2D eigenvalue weighted by Gasteiger charge is 2.38. The minimum Gasteiger partial charge on any atom is -0.392 e. The maximum atomic E-state index is 12.9. The topological polar surface area (TPSA) is 43.8 Å². The SMILES string of the molecule is CC1CC(C(=O)N2CCC(N3CCC(O)C3)CC2)CC(C)(C)C1. The third-order valence-corrected chi connectivity index (χ3v) is 6.22. The van der Waals surface area contributed by atoms with Crippen molar-refractivity contribution in [2.24, 2.45) is 17.3 Å². The van der Waals surface area contributed by atoms with Crippen LogP contribution < -0.4 is 0 Å². The van der Waals surface area contributed by atoms with Crippen LogP contribution in [0.25, 0.3) is 0 Å². The summed E-state index contributed by atoms with van der Waals surface area (Å²) in [7, 11) is 0. The third-order valence-electron chi connectivity index (χ3n) is 6.22. The van der Waals surface area contributed by atoms with Gasteiger partial charge in [-0.2, -0.15) is 0 Å². The zero-order valence-electron chi connectivity index (χ0n) is 15.1. The van der Waals surface area contributed by atoms with E-state index in [1.807, 2.05) is 0 Å². The summed E-state index contributed by atoms with van der Waals surface area (Å²) in [5.41, 5.74) is 0.308. The predicted octanol–water partition coefficient (Wildman–Crippen LogP) is 2.51. The third kappa shape index (κ3) is 4.08. The van der Waals surface area contributed by atoms with Crippen LogP contribution in [0.2, 0.25) is 0 Å². The van der Waals surface area contributed by atoms with Crippen molar-refractivity contribution in [3.05, 3.63) is 0 Å². The number of carbonyl (C=O) groups excluding carboxylic acids is 1. The van der Waals surface area contributed by atoms with Crippen molar-refractivity contribution in [2.75, 3.05) is 26.2 Å². The lowest BCUT2D eigenvalue weighted by atomic mass is 9.67. The van der Waals surface area contributed by atoms with Crippen LogP contribution in [0.1, 0.15) is 59.3 Å². The van der Waals surface area contributed by atoms with Crippen LogP contribution >= 0.6 is 0 Å². The van der Waals surface area contributed by atoms with Gasteiger partial charge in [-0.25, -0.2) is 0 Å². The number of hydrogen-bond donors (Lipinski definition) is 1. The minimum absolute atomic E-state index is 0.138. The summed E-state index contributed by atoms with van der Waals surface area (Å²) >= 11 is 0. The molecule has 4 heteroatoms. The van der Waals surface area contributed by atoms with Crippen molar-refractivity contribution < 1.29 is 9.90 Å². The maximum Gasteiger partial charge on any atom is 0.225 e. The molecule has 132 valence electrons. The molecule has 0 aromatic rings. The molecule has 2 saturated heterocycles. The second kappa shape index (κ2) is 6.72. The van der Waals surface area contributed by atoms with Gasteiger partial charge in [-0.3, -0.25) is 9.69 Å². The molecule has 3 atom stereocenters. The highest BCUT2D eigenvalue weighted by atomic mass is 16.3. The van der Waals surface area contributed by atoms with Gasteiger partial charge in [0, 0.05) is 38.1 Å². The molecular weight excluding hydrogens is 288 g/mol. The van der Waals surface area contributed by atoms with E-state index in [4.69, 9.17) is 0 Å². The Kier molecular flexibility index (Phi) is 5.03. The number of carbonyl (C=O) groups is 1. The van der Waals surface area contributed by atoms with Crippen LogP contribution in [0.3, 0.4) is 0 Å². The average molecular weight is 322 g/mol. The van der Waals surface area contributed by atoms with E-state index in [9.17, 15) is 9.90 Å². The first-order chi connectivity index (χ1) is 10.8.